The van der Waals surface area contributed by atoms with E-state index in [2.05, 4.69) is 5.32 Å². The predicted molar refractivity (Wildman–Crippen MR) is 95.7 cm³/mol. The molecule has 8 heteroatoms. The van der Waals surface area contributed by atoms with Crippen molar-refractivity contribution in [1.29, 1.82) is 0 Å². The largest absolute Gasteiger partial charge is 0.506 e. The van der Waals surface area contributed by atoms with E-state index in [1.54, 1.807) is 35.0 Å². The Hall–Kier alpha value is -2.35. The van der Waals surface area contributed by atoms with Crippen molar-refractivity contribution >= 4 is 51.2 Å². The third-order valence-electron chi connectivity index (χ3n) is 3.24. The molecule has 2 heterocycles. The molecule has 0 fully saturated rings. The molecule has 3 rings (SSSR count). The number of carbonyl (C=O) groups excluding carboxylic acids is 1. The molecule has 3 aromatic rings. The molecule has 3 N–H and O–H groups in total. The molecule has 1 aromatic carbocycles. The third-order valence-corrected chi connectivity index (χ3v) is 5.29. The lowest BCUT2D eigenvalue weighted by Crippen LogP contribution is -2.12. The van der Waals surface area contributed by atoms with Crippen LogP contribution in [0, 0.1) is 0 Å². The van der Waals surface area contributed by atoms with Gasteiger partial charge in [0, 0.05) is 16.0 Å². The van der Waals surface area contributed by atoms with Gasteiger partial charge in [-0.15, -0.1) is 22.7 Å². The first kappa shape index (κ1) is 16.5. The predicted octanol–water partition coefficient (Wildman–Crippen LogP) is 4.79. The molecule has 2 aromatic heterocycles. The first-order valence-electron chi connectivity index (χ1n) is 6.66. The van der Waals surface area contributed by atoms with Gasteiger partial charge in [-0.3, -0.25) is 4.79 Å². The van der Waals surface area contributed by atoms with E-state index < -0.39 is 11.9 Å². The highest BCUT2D eigenvalue weighted by Gasteiger charge is 2.22. The number of benzene rings is 1. The van der Waals surface area contributed by atoms with Crippen molar-refractivity contribution in [3.8, 4) is 16.9 Å². The summed E-state index contributed by atoms with van der Waals surface area (Å²) in [5.41, 5.74) is 1.19. The zero-order chi connectivity index (χ0) is 17.3. The molecule has 5 nitrogen and oxygen atoms in total. The second-order valence-electron chi connectivity index (χ2n) is 4.75. The van der Waals surface area contributed by atoms with Gasteiger partial charge in [0.05, 0.1) is 0 Å². The van der Waals surface area contributed by atoms with Crippen molar-refractivity contribution in [2.45, 2.75) is 0 Å². The fourth-order valence-electron chi connectivity index (χ4n) is 2.14. The van der Waals surface area contributed by atoms with Gasteiger partial charge in [0.25, 0.3) is 5.91 Å². The smallest absolute Gasteiger partial charge is 0.339 e. The zero-order valence-corrected chi connectivity index (χ0v) is 14.3. The van der Waals surface area contributed by atoms with Crippen molar-refractivity contribution in [2.75, 3.05) is 5.32 Å². The molecule has 0 radical (unpaired) electrons. The standard InChI is InChI=1S/C16H10ClNO4S2/c17-9-3-1-8(2-4-9)10-7-24-15(12(10)16(21)22)18-14(20)13-11(19)5-6-23-13/h1-7,19H,(H,18,20)(H,21,22). The van der Waals surface area contributed by atoms with E-state index in [0.717, 1.165) is 22.7 Å². The second kappa shape index (κ2) is 6.64. The van der Waals surface area contributed by atoms with Crippen LogP contribution in [0.15, 0.2) is 41.1 Å². The van der Waals surface area contributed by atoms with Crippen molar-refractivity contribution < 1.29 is 19.8 Å². The van der Waals surface area contributed by atoms with E-state index >= 15 is 0 Å². The van der Waals surface area contributed by atoms with Gasteiger partial charge in [-0.1, -0.05) is 23.7 Å². The van der Waals surface area contributed by atoms with E-state index in [-0.39, 0.29) is 21.2 Å². The van der Waals surface area contributed by atoms with Crippen LogP contribution in [0.25, 0.3) is 11.1 Å². The van der Waals surface area contributed by atoms with Crippen molar-refractivity contribution in [3.63, 3.8) is 0 Å². The first-order valence-corrected chi connectivity index (χ1v) is 8.79. The average molecular weight is 380 g/mol. The van der Waals surface area contributed by atoms with Crippen LogP contribution in [0.1, 0.15) is 20.0 Å². The minimum absolute atomic E-state index is 0.00622. The molecular weight excluding hydrogens is 370 g/mol. The number of halogens is 1. The highest BCUT2D eigenvalue weighted by Crippen LogP contribution is 2.37. The molecule has 0 spiro atoms. The van der Waals surface area contributed by atoms with Gasteiger partial charge in [0.1, 0.15) is 21.2 Å². The Morgan fingerprint density at radius 2 is 1.79 bits per heavy atom. The molecule has 0 aliphatic heterocycles. The second-order valence-corrected chi connectivity index (χ2v) is 6.99. The molecule has 0 unspecified atom stereocenters. The Morgan fingerprint density at radius 3 is 2.38 bits per heavy atom. The van der Waals surface area contributed by atoms with Gasteiger partial charge >= 0.3 is 5.97 Å². The van der Waals surface area contributed by atoms with Gasteiger partial charge in [0.15, 0.2) is 0 Å². The van der Waals surface area contributed by atoms with E-state index in [9.17, 15) is 19.8 Å². The zero-order valence-electron chi connectivity index (χ0n) is 11.9. The lowest BCUT2D eigenvalue weighted by molar-refractivity contribution is 0.0699. The van der Waals surface area contributed by atoms with Crippen LogP contribution in [-0.4, -0.2) is 22.1 Å². The maximum atomic E-state index is 12.2. The number of rotatable bonds is 4. The number of carboxylic acid groups (broad SMARTS) is 1. The van der Waals surface area contributed by atoms with Crippen LogP contribution in [0.2, 0.25) is 5.02 Å². The molecule has 0 aliphatic rings. The molecular formula is C16H10ClNO4S2. The van der Waals surface area contributed by atoms with Gasteiger partial charge in [-0.25, -0.2) is 4.79 Å². The lowest BCUT2D eigenvalue weighted by Gasteiger charge is -2.05. The summed E-state index contributed by atoms with van der Waals surface area (Å²) in [6.07, 6.45) is 0. The summed E-state index contributed by atoms with van der Waals surface area (Å²) in [6, 6.07) is 8.18. The first-order chi connectivity index (χ1) is 11.5. The molecule has 0 saturated heterocycles. The molecule has 122 valence electrons. The maximum absolute atomic E-state index is 12.2. The molecule has 0 saturated carbocycles. The van der Waals surface area contributed by atoms with Crippen LogP contribution >= 0.6 is 34.3 Å². The summed E-state index contributed by atoms with van der Waals surface area (Å²) < 4.78 is 0. The fourth-order valence-corrected chi connectivity index (χ4v) is 3.90. The van der Waals surface area contributed by atoms with Crippen LogP contribution in [0.5, 0.6) is 5.75 Å². The van der Waals surface area contributed by atoms with Gasteiger partial charge in [-0.2, -0.15) is 0 Å². The number of hydrogen-bond donors (Lipinski definition) is 3. The van der Waals surface area contributed by atoms with E-state index in [4.69, 9.17) is 11.6 Å². The Morgan fingerprint density at radius 1 is 1.08 bits per heavy atom. The topological polar surface area (TPSA) is 86.6 Å². The van der Waals surface area contributed by atoms with E-state index in [0.29, 0.717) is 16.1 Å². The van der Waals surface area contributed by atoms with Crippen LogP contribution in [-0.2, 0) is 0 Å². The average Bonchev–Trinajstić information content (AvgIpc) is 3.14. The quantitative estimate of drug-likeness (QED) is 0.608. The normalized spacial score (nSPS) is 10.5. The van der Waals surface area contributed by atoms with E-state index in [1.807, 2.05) is 0 Å². The lowest BCUT2D eigenvalue weighted by atomic mass is 10.0. The number of hydrogen-bond acceptors (Lipinski definition) is 5. The number of thiophene rings is 2. The van der Waals surface area contributed by atoms with Crippen molar-refractivity contribution in [3.05, 3.63) is 56.6 Å². The number of carbonyl (C=O) groups is 2. The number of carboxylic acids is 1. The van der Waals surface area contributed by atoms with Gasteiger partial charge in [0.2, 0.25) is 0 Å². The Bertz CT molecular complexity index is 915. The van der Waals surface area contributed by atoms with Gasteiger partial charge < -0.3 is 15.5 Å². The number of aromatic carboxylic acids is 1. The van der Waals surface area contributed by atoms with Gasteiger partial charge in [-0.05, 0) is 29.1 Å². The van der Waals surface area contributed by atoms with E-state index in [1.165, 1.54) is 6.07 Å². The monoisotopic (exact) mass is 379 g/mol. The Balaban J connectivity index is 1.98. The summed E-state index contributed by atoms with van der Waals surface area (Å²) in [6.45, 7) is 0. The van der Waals surface area contributed by atoms with Crippen molar-refractivity contribution in [2.24, 2.45) is 0 Å². The maximum Gasteiger partial charge on any atom is 0.339 e. The number of anilines is 1. The van der Waals surface area contributed by atoms with Crippen LogP contribution in [0.4, 0.5) is 5.00 Å². The molecule has 1 amide bonds. The number of nitrogens with one attached hydrogen (secondary N) is 1. The summed E-state index contributed by atoms with van der Waals surface area (Å²) >= 11 is 8.04. The molecule has 0 atom stereocenters. The fraction of sp³-hybridized carbons (Fsp3) is 0. The van der Waals surface area contributed by atoms with Crippen LogP contribution < -0.4 is 5.32 Å². The SMILES string of the molecule is O=C(Nc1scc(-c2ccc(Cl)cc2)c1C(=O)O)c1sccc1O. The third kappa shape index (κ3) is 3.14. The molecule has 0 aliphatic carbocycles. The minimum atomic E-state index is -1.15. The summed E-state index contributed by atoms with van der Waals surface area (Å²) in [5.74, 6) is -1.83. The summed E-state index contributed by atoms with van der Waals surface area (Å²) in [7, 11) is 0. The molecule has 0 bridgehead atoms. The highest BCUT2D eigenvalue weighted by atomic mass is 35.5. The number of amides is 1. The minimum Gasteiger partial charge on any atom is -0.506 e. The molecule has 24 heavy (non-hydrogen) atoms. The Kier molecular flexibility index (Phi) is 4.57. The Labute approximate surface area is 149 Å². The highest BCUT2D eigenvalue weighted by molar-refractivity contribution is 7.15. The summed E-state index contributed by atoms with van der Waals surface area (Å²) in [4.78, 5) is 24.0. The number of aromatic hydroxyl groups is 1. The van der Waals surface area contributed by atoms with Crippen molar-refractivity contribution in [1.82, 2.24) is 0 Å². The van der Waals surface area contributed by atoms with Crippen LogP contribution in [0.3, 0.4) is 0 Å². The summed E-state index contributed by atoms with van der Waals surface area (Å²) in [5, 5.41) is 25.7.